The zero-order valence-corrected chi connectivity index (χ0v) is 15.0. The maximum atomic E-state index is 12.5. The van der Waals surface area contributed by atoms with Gasteiger partial charge in [-0.1, -0.05) is 30.4 Å². The summed E-state index contributed by atoms with van der Waals surface area (Å²) in [5.41, 5.74) is 0.234. The lowest BCUT2D eigenvalue weighted by atomic mass is 9.67. The number of nitrogens with zero attached hydrogens (tertiary/aromatic N) is 1. The molecule has 2 unspecified atom stereocenters. The molecule has 4 rings (SSSR count). The van der Waals surface area contributed by atoms with Gasteiger partial charge in [0.25, 0.3) is 0 Å². The third-order valence-corrected chi connectivity index (χ3v) is 5.45. The van der Waals surface area contributed by atoms with E-state index in [9.17, 15) is 9.90 Å². The van der Waals surface area contributed by atoms with E-state index in [0.29, 0.717) is 26.1 Å². The molecule has 0 amide bonds. The van der Waals surface area contributed by atoms with Gasteiger partial charge in [0.1, 0.15) is 12.4 Å². The highest BCUT2D eigenvalue weighted by Crippen LogP contribution is 2.44. The smallest absolute Gasteiger partial charge is 0.314 e. The van der Waals surface area contributed by atoms with Crippen LogP contribution in [0.2, 0.25) is 0 Å². The standard InChI is InChI=1S/C20H27NO4.BH3/c1-3-7-15-8-5-6-9-17(15)25-14-16-18(22)20(19(23)24-4-2)10-12-21(16)13-11-20;/h3,5-9,16,18,22H,4,10-14H2,1-2H3;1H3/b7-3-;. The van der Waals surface area contributed by atoms with Gasteiger partial charge in [-0.15, -0.1) is 0 Å². The van der Waals surface area contributed by atoms with Gasteiger partial charge in [0.05, 0.1) is 32.6 Å². The molecule has 0 saturated carbocycles. The van der Waals surface area contributed by atoms with Crippen molar-refractivity contribution in [1.29, 1.82) is 0 Å². The first-order valence-corrected chi connectivity index (χ1v) is 9.06. The molecule has 0 aromatic heterocycles. The van der Waals surface area contributed by atoms with Crippen molar-refractivity contribution in [3.05, 3.63) is 35.9 Å². The van der Waals surface area contributed by atoms with Gasteiger partial charge in [0.2, 0.25) is 0 Å². The number of carbonyl (C=O) groups excluding carboxylic acids is 1. The summed E-state index contributed by atoms with van der Waals surface area (Å²) < 4.78 is 11.3. The molecule has 1 aromatic carbocycles. The number of aliphatic hydroxyl groups excluding tert-OH is 1. The molecule has 142 valence electrons. The van der Waals surface area contributed by atoms with E-state index in [1.165, 1.54) is 0 Å². The number of esters is 1. The van der Waals surface area contributed by atoms with Gasteiger partial charge in [-0.05, 0) is 45.8 Å². The number of benzene rings is 1. The SMILES string of the molecule is B.C/C=C\c1ccccc1OCC1C(O)C2(C(=O)OCC)CCN1CC2. The molecule has 3 fully saturated rings. The molecular formula is C20H30BNO4. The average molecular weight is 359 g/mol. The third-order valence-electron chi connectivity index (χ3n) is 5.45. The predicted molar refractivity (Wildman–Crippen MR) is 106 cm³/mol. The van der Waals surface area contributed by atoms with Gasteiger partial charge in [0, 0.05) is 5.56 Å². The van der Waals surface area contributed by atoms with Crippen molar-refractivity contribution in [3.63, 3.8) is 0 Å². The first kappa shape index (κ1) is 20.5. The lowest BCUT2D eigenvalue weighted by molar-refractivity contribution is -0.190. The normalized spacial score (nSPS) is 30.0. The van der Waals surface area contributed by atoms with E-state index in [-0.39, 0.29) is 20.4 Å². The molecule has 3 aliphatic heterocycles. The van der Waals surface area contributed by atoms with Gasteiger partial charge in [-0.2, -0.15) is 0 Å². The van der Waals surface area contributed by atoms with Gasteiger partial charge >= 0.3 is 5.97 Å². The Morgan fingerprint density at radius 2 is 2.04 bits per heavy atom. The second kappa shape index (κ2) is 8.74. The molecule has 5 nitrogen and oxygen atoms in total. The molecule has 2 atom stereocenters. The van der Waals surface area contributed by atoms with E-state index < -0.39 is 11.5 Å². The maximum Gasteiger partial charge on any atom is 0.314 e. The second-order valence-corrected chi connectivity index (χ2v) is 6.77. The largest absolute Gasteiger partial charge is 0.491 e. The van der Waals surface area contributed by atoms with Crippen molar-refractivity contribution < 1.29 is 19.4 Å². The Balaban J connectivity index is 0.00000243. The Kier molecular flexibility index (Phi) is 6.90. The van der Waals surface area contributed by atoms with Crippen LogP contribution in [0.25, 0.3) is 6.08 Å². The molecule has 3 saturated heterocycles. The van der Waals surface area contributed by atoms with E-state index in [1.54, 1.807) is 6.92 Å². The maximum absolute atomic E-state index is 12.5. The lowest BCUT2D eigenvalue weighted by Crippen LogP contribution is -2.67. The Morgan fingerprint density at radius 1 is 1.35 bits per heavy atom. The van der Waals surface area contributed by atoms with Crippen LogP contribution in [0.4, 0.5) is 0 Å². The summed E-state index contributed by atoms with van der Waals surface area (Å²) in [7, 11) is 0. The van der Waals surface area contributed by atoms with Crippen LogP contribution in [0, 0.1) is 5.41 Å². The Labute approximate surface area is 157 Å². The fourth-order valence-corrected chi connectivity index (χ4v) is 4.02. The molecule has 1 N–H and O–H groups in total. The van der Waals surface area contributed by atoms with Crippen molar-refractivity contribution in [2.45, 2.75) is 38.8 Å². The quantitative estimate of drug-likeness (QED) is 0.613. The van der Waals surface area contributed by atoms with Crippen LogP contribution < -0.4 is 4.74 Å². The topological polar surface area (TPSA) is 59.0 Å². The van der Waals surface area contributed by atoms with Gasteiger partial charge in [-0.25, -0.2) is 0 Å². The zero-order chi connectivity index (χ0) is 17.9. The second-order valence-electron chi connectivity index (χ2n) is 6.77. The first-order valence-electron chi connectivity index (χ1n) is 9.06. The zero-order valence-electron chi connectivity index (χ0n) is 15.0. The fourth-order valence-electron chi connectivity index (χ4n) is 4.02. The summed E-state index contributed by atoms with van der Waals surface area (Å²) >= 11 is 0. The van der Waals surface area contributed by atoms with Crippen LogP contribution in [0.1, 0.15) is 32.3 Å². The lowest BCUT2D eigenvalue weighted by Gasteiger charge is -2.54. The number of ether oxygens (including phenoxy) is 2. The van der Waals surface area contributed by atoms with Crippen molar-refractivity contribution in [1.82, 2.24) is 4.90 Å². The van der Waals surface area contributed by atoms with Crippen LogP contribution in [0.15, 0.2) is 30.3 Å². The number of rotatable bonds is 6. The summed E-state index contributed by atoms with van der Waals surface area (Å²) in [6, 6.07) is 7.65. The van der Waals surface area contributed by atoms with Crippen molar-refractivity contribution >= 4 is 20.5 Å². The number of piperidine rings is 3. The number of carbonyl (C=O) groups is 1. The molecule has 0 radical (unpaired) electrons. The highest BCUT2D eigenvalue weighted by atomic mass is 16.5. The fraction of sp³-hybridized carbons (Fsp3) is 0.550. The van der Waals surface area contributed by atoms with Crippen LogP contribution >= 0.6 is 0 Å². The summed E-state index contributed by atoms with van der Waals surface area (Å²) in [4.78, 5) is 14.7. The molecular weight excluding hydrogens is 329 g/mol. The van der Waals surface area contributed by atoms with E-state index in [2.05, 4.69) is 4.90 Å². The van der Waals surface area contributed by atoms with Crippen molar-refractivity contribution in [2.75, 3.05) is 26.3 Å². The van der Waals surface area contributed by atoms with E-state index in [0.717, 1.165) is 24.4 Å². The summed E-state index contributed by atoms with van der Waals surface area (Å²) in [5.74, 6) is 0.529. The van der Waals surface area contributed by atoms with Crippen LogP contribution in [-0.2, 0) is 9.53 Å². The molecule has 6 heteroatoms. The monoisotopic (exact) mass is 359 g/mol. The average Bonchev–Trinajstić information content (AvgIpc) is 2.63. The minimum absolute atomic E-state index is 0. The Hall–Kier alpha value is -1.79. The number of hydrogen-bond acceptors (Lipinski definition) is 5. The number of para-hydroxylation sites is 1. The van der Waals surface area contributed by atoms with Gasteiger partial charge in [-0.3, -0.25) is 9.69 Å². The van der Waals surface area contributed by atoms with Crippen molar-refractivity contribution in [3.8, 4) is 5.75 Å². The van der Waals surface area contributed by atoms with Gasteiger partial charge in [0.15, 0.2) is 0 Å². The van der Waals surface area contributed by atoms with E-state index in [4.69, 9.17) is 9.47 Å². The number of allylic oxidation sites excluding steroid dienone is 1. The third kappa shape index (κ3) is 3.67. The Bertz CT molecular complexity index is 640. The predicted octanol–water partition coefficient (Wildman–Crippen LogP) is 1.30. The molecule has 0 spiro atoms. The molecule has 0 aliphatic carbocycles. The number of fused-ring (bicyclic) bond motifs is 3. The molecule has 2 bridgehead atoms. The van der Waals surface area contributed by atoms with E-state index >= 15 is 0 Å². The highest BCUT2D eigenvalue weighted by Gasteiger charge is 2.57. The molecule has 26 heavy (non-hydrogen) atoms. The highest BCUT2D eigenvalue weighted by molar-refractivity contribution is 5.78. The Morgan fingerprint density at radius 3 is 2.69 bits per heavy atom. The summed E-state index contributed by atoms with van der Waals surface area (Å²) in [6.45, 7) is 6.06. The van der Waals surface area contributed by atoms with Crippen LogP contribution in [0.5, 0.6) is 5.75 Å². The number of hydrogen-bond donors (Lipinski definition) is 1. The van der Waals surface area contributed by atoms with Crippen LogP contribution in [-0.4, -0.2) is 62.8 Å². The summed E-state index contributed by atoms with van der Waals surface area (Å²) in [5, 5.41) is 10.9. The molecule has 3 aliphatic rings. The number of aliphatic hydroxyl groups is 1. The minimum atomic E-state index is -0.776. The first-order chi connectivity index (χ1) is 12.1. The minimum Gasteiger partial charge on any atom is -0.491 e. The van der Waals surface area contributed by atoms with Crippen LogP contribution in [0.3, 0.4) is 0 Å². The van der Waals surface area contributed by atoms with Gasteiger partial charge < -0.3 is 14.6 Å². The van der Waals surface area contributed by atoms with E-state index in [1.807, 2.05) is 43.3 Å². The summed E-state index contributed by atoms with van der Waals surface area (Å²) in [6.07, 6.45) is 4.51. The molecule has 3 heterocycles. The molecule has 1 aromatic rings. The van der Waals surface area contributed by atoms with Crippen molar-refractivity contribution in [2.24, 2.45) is 5.41 Å².